The van der Waals surface area contributed by atoms with E-state index in [1.165, 1.54) is 39.0 Å². The zero-order valence-corrected chi connectivity index (χ0v) is 12.0. The third-order valence-electron chi connectivity index (χ3n) is 4.32. The predicted molar refractivity (Wildman–Crippen MR) is 73.4 cm³/mol. The number of hydrogen-bond donors (Lipinski definition) is 1. The fourth-order valence-electron chi connectivity index (χ4n) is 3.51. The van der Waals surface area contributed by atoms with E-state index in [2.05, 4.69) is 42.8 Å². The molecule has 2 fully saturated rings. The average molecular weight is 239 g/mol. The molecule has 2 aliphatic rings. The predicted octanol–water partition coefficient (Wildman–Crippen LogP) is 1.54. The van der Waals surface area contributed by atoms with Crippen LogP contribution >= 0.6 is 0 Å². The van der Waals surface area contributed by atoms with Crippen molar-refractivity contribution in [3.63, 3.8) is 0 Å². The van der Waals surface area contributed by atoms with Crippen LogP contribution in [0.25, 0.3) is 0 Å². The third-order valence-corrected chi connectivity index (χ3v) is 4.32. The Kier molecular flexibility index (Phi) is 4.11. The summed E-state index contributed by atoms with van der Waals surface area (Å²) in [5.74, 6) is 0. The van der Waals surface area contributed by atoms with Crippen LogP contribution in [-0.2, 0) is 0 Å². The van der Waals surface area contributed by atoms with Crippen LogP contribution in [0.4, 0.5) is 0 Å². The van der Waals surface area contributed by atoms with Gasteiger partial charge in [0, 0.05) is 37.3 Å². The van der Waals surface area contributed by atoms with E-state index in [-0.39, 0.29) is 5.54 Å². The number of hydrogen-bond acceptors (Lipinski definition) is 3. The van der Waals surface area contributed by atoms with Gasteiger partial charge in [0.2, 0.25) is 0 Å². The first-order valence-electron chi connectivity index (χ1n) is 7.25. The summed E-state index contributed by atoms with van der Waals surface area (Å²) < 4.78 is 0. The normalized spacial score (nSPS) is 31.8. The Labute approximate surface area is 107 Å². The van der Waals surface area contributed by atoms with E-state index in [4.69, 9.17) is 0 Å². The zero-order valence-electron chi connectivity index (χ0n) is 12.0. The molecule has 0 spiro atoms. The minimum absolute atomic E-state index is 0.240. The Morgan fingerprint density at radius 1 is 1.29 bits per heavy atom. The maximum atomic E-state index is 3.59. The molecule has 0 aromatic carbocycles. The van der Waals surface area contributed by atoms with Crippen LogP contribution in [0.15, 0.2) is 0 Å². The number of nitrogens with zero attached hydrogens (tertiary/aromatic N) is 2. The van der Waals surface area contributed by atoms with Gasteiger partial charge < -0.3 is 5.32 Å². The largest absolute Gasteiger partial charge is 0.311 e. The number of likely N-dealkylation sites (N-methyl/N-ethyl adjacent to an activating group) is 1. The summed E-state index contributed by atoms with van der Waals surface area (Å²) in [5.41, 5.74) is 0.240. The van der Waals surface area contributed by atoms with Crippen LogP contribution in [0, 0.1) is 0 Å². The highest BCUT2D eigenvalue weighted by atomic mass is 15.3. The van der Waals surface area contributed by atoms with E-state index in [1.54, 1.807) is 0 Å². The number of fused-ring (bicyclic) bond motifs is 1. The van der Waals surface area contributed by atoms with E-state index in [0.29, 0.717) is 6.04 Å². The van der Waals surface area contributed by atoms with Crippen molar-refractivity contribution in [2.45, 2.75) is 58.2 Å². The lowest BCUT2D eigenvalue weighted by Gasteiger charge is -2.45. The van der Waals surface area contributed by atoms with Crippen molar-refractivity contribution >= 4 is 0 Å². The molecule has 1 N–H and O–H groups in total. The molecule has 2 rings (SSSR count). The molecule has 0 saturated carbocycles. The van der Waals surface area contributed by atoms with Gasteiger partial charge >= 0.3 is 0 Å². The summed E-state index contributed by atoms with van der Waals surface area (Å²) in [6, 6.07) is 1.55. The lowest BCUT2D eigenvalue weighted by molar-refractivity contribution is 0.0425. The van der Waals surface area contributed by atoms with Gasteiger partial charge in [-0.2, -0.15) is 0 Å². The second kappa shape index (κ2) is 5.25. The summed E-state index contributed by atoms with van der Waals surface area (Å²) >= 11 is 0. The maximum Gasteiger partial charge on any atom is 0.0252 e. The second-order valence-corrected chi connectivity index (χ2v) is 6.48. The van der Waals surface area contributed by atoms with E-state index in [9.17, 15) is 0 Å². The molecule has 2 saturated heterocycles. The molecule has 2 aliphatic heterocycles. The highest BCUT2D eigenvalue weighted by Crippen LogP contribution is 2.25. The lowest BCUT2D eigenvalue weighted by atomic mass is 10.0. The third kappa shape index (κ3) is 3.21. The first kappa shape index (κ1) is 13.3. The van der Waals surface area contributed by atoms with Gasteiger partial charge in [-0.05, 0) is 46.7 Å². The molecule has 3 heteroatoms. The average Bonchev–Trinajstić information content (AvgIpc) is 2.64. The zero-order chi connectivity index (χ0) is 12.5. The molecule has 0 bridgehead atoms. The molecule has 2 unspecified atom stereocenters. The van der Waals surface area contributed by atoms with Crippen LogP contribution in [0.2, 0.25) is 0 Å². The molecule has 2 atom stereocenters. The van der Waals surface area contributed by atoms with Gasteiger partial charge in [-0.1, -0.05) is 6.92 Å². The number of nitrogens with one attached hydrogen (secondary N) is 1. The Balaban J connectivity index is 1.92. The molecule has 0 aliphatic carbocycles. The Morgan fingerprint density at radius 2 is 2.06 bits per heavy atom. The Hall–Kier alpha value is -0.120. The summed E-state index contributed by atoms with van der Waals surface area (Å²) in [5, 5.41) is 3.59. The van der Waals surface area contributed by atoms with Crippen LogP contribution < -0.4 is 5.32 Å². The molecule has 17 heavy (non-hydrogen) atoms. The van der Waals surface area contributed by atoms with Gasteiger partial charge in [-0.3, -0.25) is 9.80 Å². The molecular weight excluding hydrogens is 210 g/mol. The van der Waals surface area contributed by atoms with Crippen molar-refractivity contribution in [3.8, 4) is 0 Å². The van der Waals surface area contributed by atoms with Gasteiger partial charge in [-0.15, -0.1) is 0 Å². The van der Waals surface area contributed by atoms with Crippen LogP contribution in [0.1, 0.15) is 40.5 Å². The van der Waals surface area contributed by atoms with Crippen molar-refractivity contribution in [3.05, 3.63) is 0 Å². The highest BCUT2D eigenvalue weighted by Gasteiger charge is 2.36. The van der Waals surface area contributed by atoms with Crippen molar-refractivity contribution in [1.82, 2.24) is 15.1 Å². The topological polar surface area (TPSA) is 18.5 Å². The summed E-state index contributed by atoms with van der Waals surface area (Å²) in [7, 11) is 0. The molecule has 0 aromatic rings. The van der Waals surface area contributed by atoms with Gasteiger partial charge in [0.25, 0.3) is 0 Å². The first-order valence-corrected chi connectivity index (χ1v) is 7.25. The van der Waals surface area contributed by atoms with Crippen molar-refractivity contribution in [2.75, 3.05) is 32.7 Å². The number of rotatable bonds is 4. The van der Waals surface area contributed by atoms with E-state index in [0.717, 1.165) is 12.6 Å². The maximum absolute atomic E-state index is 3.59. The minimum Gasteiger partial charge on any atom is -0.311 e. The van der Waals surface area contributed by atoms with Crippen molar-refractivity contribution in [1.29, 1.82) is 0 Å². The Bertz CT molecular complexity index is 252. The molecule has 100 valence electrons. The molecule has 3 nitrogen and oxygen atoms in total. The van der Waals surface area contributed by atoms with Crippen LogP contribution in [0.5, 0.6) is 0 Å². The van der Waals surface area contributed by atoms with Gasteiger partial charge in [0.1, 0.15) is 0 Å². The van der Waals surface area contributed by atoms with Crippen molar-refractivity contribution < 1.29 is 0 Å². The molecule has 2 heterocycles. The van der Waals surface area contributed by atoms with Gasteiger partial charge in [0.05, 0.1) is 0 Å². The van der Waals surface area contributed by atoms with Crippen LogP contribution in [0.3, 0.4) is 0 Å². The first-order chi connectivity index (χ1) is 8.02. The van der Waals surface area contributed by atoms with Gasteiger partial charge in [-0.25, -0.2) is 0 Å². The smallest absolute Gasteiger partial charge is 0.0252 e. The molecular formula is C14H29N3. The van der Waals surface area contributed by atoms with Crippen molar-refractivity contribution in [2.24, 2.45) is 0 Å². The quantitative estimate of drug-likeness (QED) is 0.803. The monoisotopic (exact) mass is 239 g/mol. The fraction of sp³-hybridized carbons (Fsp3) is 1.00. The second-order valence-electron chi connectivity index (χ2n) is 6.48. The molecule has 0 amide bonds. The SMILES string of the molecule is CCNC(C)(C)CN1CC2CCCN2CC1C. The fourth-order valence-corrected chi connectivity index (χ4v) is 3.51. The van der Waals surface area contributed by atoms with E-state index >= 15 is 0 Å². The van der Waals surface area contributed by atoms with E-state index in [1.807, 2.05) is 0 Å². The number of piperazine rings is 1. The minimum atomic E-state index is 0.240. The summed E-state index contributed by atoms with van der Waals surface area (Å²) in [6.45, 7) is 15.3. The Morgan fingerprint density at radius 3 is 2.76 bits per heavy atom. The molecule has 0 radical (unpaired) electrons. The summed E-state index contributed by atoms with van der Waals surface area (Å²) in [6.07, 6.45) is 2.81. The van der Waals surface area contributed by atoms with E-state index < -0.39 is 0 Å². The summed E-state index contributed by atoms with van der Waals surface area (Å²) in [4.78, 5) is 5.39. The molecule has 0 aromatic heterocycles. The lowest BCUT2D eigenvalue weighted by Crippen LogP contribution is -2.60. The highest BCUT2D eigenvalue weighted by molar-refractivity contribution is 4.93. The van der Waals surface area contributed by atoms with Gasteiger partial charge in [0.15, 0.2) is 0 Å². The van der Waals surface area contributed by atoms with Crippen LogP contribution in [-0.4, -0.2) is 60.1 Å². The standard InChI is InChI=1S/C14H29N3/c1-5-15-14(3,4)11-17-10-13-7-6-8-16(13)9-12(17)2/h12-13,15H,5-11H2,1-4H3.